The number of hydrogen-bond donors (Lipinski definition) is 1. The largest absolute Gasteiger partial charge is 0.481 e. The van der Waals surface area contributed by atoms with Crippen molar-refractivity contribution in [2.24, 2.45) is 11.8 Å². The number of nitrogens with zero attached hydrogens (tertiary/aromatic N) is 1. The number of carboxylic acid groups (broad SMARTS) is 1. The van der Waals surface area contributed by atoms with Crippen molar-refractivity contribution in [2.75, 3.05) is 6.61 Å². The van der Waals surface area contributed by atoms with Crippen molar-refractivity contribution in [2.45, 2.75) is 103 Å². The van der Waals surface area contributed by atoms with E-state index in [9.17, 15) is 14.7 Å². The lowest BCUT2D eigenvalue weighted by Gasteiger charge is -2.35. The van der Waals surface area contributed by atoms with Gasteiger partial charge in [0.05, 0.1) is 6.42 Å². The first-order chi connectivity index (χ1) is 14.6. The summed E-state index contributed by atoms with van der Waals surface area (Å²) in [6.45, 7) is 9.78. The summed E-state index contributed by atoms with van der Waals surface area (Å²) < 4.78 is 17.0. The van der Waals surface area contributed by atoms with Crippen LogP contribution in [0.15, 0.2) is 4.52 Å². The zero-order valence-electron chi connectivity index (χ0n) is 19.5. The number of carboxylic acids is 1. The van der Waals surface area contributed by atoms with Crippen LogP contribution in [0.1, 0.15) is 115 Å². The van der Waals surface area contributed by atoms with Gasteiger partial charge in [-0.05, 0) is 70.1 Å². The summed E-state index contributed by atoms with van der Waals surface area (Å²) in [6.07, 6.45) is 5.09. The van der Waals surface area contributed by atoms with Crippen LogP contribution in [0.25, 0.3) is 0 Å². The highest BCUT2D eigenvalue weighted by molar-refractivity contribution is 5.71. The Balaban J connectivity index is 1.72. The van der Waals surface area contributed by atoms with Crippen LogP contribution in [0.3, 0.4) is 0 Å². The van der Waals surface area contributed by atoms with E-state index < -0.39 is 23.6 Å². The number of hydrogen-bond acceptors (Lipinski definition) is 6. The SMILES string of the molecule is CCC(C)(C)OC(=O)COC(CC(=O)O)c1noc(C2CC(CC(C)C)C2)c1C1CC1. The van der Waals surface area contributed by atoms with Crippen molar-refractivity contribution in [1.82, 2.24) is 5.16 Å². The van der Waals surface area contributed by atoms with E-state index in [0.29, 0.717) is 35.8 Å². The summed E-state index contributed by atoms with van der Waals surface area (Å²) in [4.78, 5) is 23.7. The topological polar surface area (TPSA) is 98.9 Å². The lowest BCUT2D eigenvalue weighted by molar-refractivity contribution is -0.166. The monoisotopic (exact) mass is 435 g/mol. The third kappa shape index (κ3) is 6.31. The molecule has 2 aliphatic carbocycles. The van der Waals surface area contributed by atoms with Crippen LogP contribution in [-0.2, 0) is 19.1 Å². The second-order valence-corrected chi connectivity index (χ2v) is 10.3. The van der Waals surface area contributed by atoms with E-state index >= 15 is 0 Å². The zero-order chi connectivity index (χ0) is 22.8. The lowest BCUT2D eigenvalue weighted by Crippen LogP contribution is -2.30. The Morgan fingerprint density at radius 2 is 1.90 bits per heavy atom. The summed E-state index contributed by atoms with van der Waals surface area (Å²) in [7, 11) is 0. The quantitative estimate of drug-likeness (QED) is 0.441. The second-order valence-electron chi connectivity index (χ2n) is 10.3. The highest BCUT2D eigenvalue weighted by Gasteiger charge is 2.42. The molecule has 174 valence electrons. The van der Waals surface area contributed by atoms with Gasteiger partial charge in [-0.3, -0.25) is 4.79 Å². The molecule has 1 heterocycles. The van der Waals surface area contributed by atoms with Crippen LogP contribution in [0.2, 0.25) is 0 Å². The number of aromatic nitrogens is 1. The molecular formula is C24H37NO6. The van der Waals surface area contributed by atoms with Crippen molar-refractivity contribution >= 4 is 11.9 Å². The molecule has 7 heteroatoms. The van der Waals surface area contributed by atoms with Gasteiger partial charge in [-0.25, -0.2) is 4.79 Å². The average Bonchev–Trinajstić information content (AvgIpc) is 3.39. The van der Waals surface area contributed by atoms with Gasteiger partial charge in [0, 0.05) is 11.5 Å². The smallest absolute Gasteiger partial charge is 0.332 e. The molecule has 31 heavy (non-hydrogen) atoms. The van der Waals surface area contributed by atoms with Gasteiger partial charge in [-0.15, -0.1) is 0 Å². The molecule has 0 amide bonds. The first kappa shape index (κ1) is 23.8. The second kappa shape index (κ2) is 9.72. The molecule has 0 spiro atoms. The molecule has 1 N–H and O–H groups in total. The molecule has 3 rings (SSSR count). The Hall–Kier alpha value is -1.89. The number of rotatable bonds is 12. The minimum Gasteiger partial charge on any atom is -0.481 e. The standard InChI is InChI=1S/C24H37NO6/c1-6-24(4,5)30-20(28)13-29-18(12-19(26)27)22-21(16-7-8-16)23(31-25-22)17-10-15(11-17)9-14(2)3/h14-18H,6-13H2,1-5H3,(H,26,27). The van der Waals surface area contributed by atoms with Crippen LogP contribution in [0.5, 0.6) is 0 Å². The molecule has 0 bridgehead atoms. The molecule has 1 unspecified atom stereocenters. The van der Waals surface area contributed by atoms with E-state index in [1.807, 2.05) is 20.8 Å². The number of aliphatic carboxylic acids is 1. The van der Waals surface area contributed by atoms with Crippen LogP contribution in [0, 0.1) is 11.8 Å². The van der Waals surface area contributed by atoms with Crippen LogP contribution >= 0.6 is 0 Å². The first-order valence-corrected chi connectivity index (χ1v) is 11.6. The van der Waals surface area contributed by atoms with Crippen molar-refractivity contribution in [1.29, 1.82) is 0 Å². The average molecular weight is 436 g/mol. The van der Waals surface area contributed by atoms with Crippen molar-refractivity contribution < 1.29 is 28.7 Å². The Bertz CT molecular complexity index is 773. The highest BCUT2D eigenvalue weighted by Crippen LogP contribution is 2.52. The van der Waals surface area contributed by atoms with Crippen molar-refractivity contribution in [3.05, 3.63) is 17.0 Å². The summed E-state index contributed by atoms with van der Waals surface area (Å²) in [5.74, 6) is 1.51. The molecule has 1 atom stereocenters. The van der Waals surface area contributed by atoms with Crippen LogP contribution < -0.4 is 0 Å². The van der Waals surface area contributed by atoms with Crippen LogP contribution in [-0.4, -0.2) is 34.4 Å². The molecule has 1 aromatic rings. The maximum absolute atomic E-state index is 12.2. The van der Waals surface area contributed by atoms with Crippen molar-refractivity contribution in [3.8, 4) is 0 Å². The van der Waals surface area contributed by atoms with E-state index in [0.717, 1.165) is 37.0 Å². The molecule has 7 nitrogen and oxygen atoms in total. The number of ether oxygens (including phenoxy) is 2. The Morgan fingerprint density at radius 1 is 1.23 bits per heavy atom. The van der Waals surface area contributed by atoms with Crippen molar-refractivity contribution in [3.63, 3.8) is 0 Å². The number of esters is 1. The van der Waals surface area contributed by atoms with E-state index in [-0.39, 0.29) is 13.0 Å². The molecule has 2 saturated carbocycles. The van der Waals surface area contributed by atoms with Gasteiger partial charge in [-0.2, -0.15) is 0 Å². The normalized spacial score (nSPS) is 22.3. The lowest BCUT2D eigenvalue weighted by atomic mass is 9.69. The molecule has 2 aliphatic rings. The fourth-order valence-corrected chi connectivity index (χ4v) is 4.41. The summed E-state index contributed by atoms with van der Waals surface area (Å²) in [5.41, 5.74) is 0.996. The third-order valence-corrected chi connectivity index (χ3v) is 6.49. The fraction of sp³-hybridized carbons (Fsp3) is 0.792. The maximum Gasteiger partial charge on any atom is 0.332 e. The summed E-state index contributed by atoms with van der Waals surface area (Å²) >= 11 is 0. The molecule has 0 aromatic carbocycles. The van der Waals surface area contributed by atoms with E-state index in [2.05, 4.69) is 19.0 Å². The Kier molecular flexibility index (Phi) is 7.45. The van der Waals surface area contributed by atoms with Gasteiger partial charge in [0.2, 0.25) is 0 Å². The molecule has 0 radical (unpaired) electrons. The molecule has 2 fully saturated rings. The highest BCUT2D eigenvalue weighted by atomic mass is 16.6. The predicted molar refractivity (Wildman–Crippen MR) is 115 cm³/mol. The van der Waals surface area contributed by atoms with Gasteiger partial charge in [0.1, 0.15) is 29.8 Å². The third-order valence-electron chi connectivity index (χ3n) is 6.49. The van der Waals surface area contributed by atoms with Gasteiger partial charge in [-0.1, -0.05) is 25.9 Å². The maximum atomic E-state index is 12.2. The van der Waals surface area contributed by atoms with E-state index in [1.165, 1.54) is 6.42 Å². The molecule has 0 aliphatic heterocycles. The van der Waals surface area contributed by atoms with Gasteiger partial charge < -0.3 is 19.1 Å². The Labute approximate surface area is 184 Å². The summed E-state index contributed by atoms with van der Waals surface area (Å²) in [5, 5.41) is 13.7. The van der Waals surface area contributed by atoms with Crippen LogP contribution in [0.4, 0.5) is 0 Å². The number of carbonyl (C=O) groups excluding carboxylic acids is 1. The predicted octanol–water partition coefficient (Wildman–Crippen LogP) is 5.36. The summed E-state index contributed by atoms with van der Waals surface area (Å²) in [6, 6.07) is 0. The van der Waals surface area contributed by atoms with E-state index in [1.54, 1.807) is 0 Å². The first-order valence-electron chi connectivity index (χ1n) is 11.6. The Morgan fingerprint density at radius 3 is 2.45 bits per heavy atom. The minimum atomic E-state index is -1.00. The minimum absolute atomic E-state index is 0.267. The van der Waals surface area contributed by atoms with E-state index in [4.69, 9.17) is 14.0 Å². The zero-order valence-corrected chi connectivity index (χ0v) is 19.5. The number of carbonyl (C=O) groups is 2. The van der Waals surface area contributed by atoms with Gasteiger partial charge in [0.25, 0.3) is 0 Å². The molecular weight excluding hydrogens is 398 g/mol. The van der Waals surface area contributed by atoms with Gasteiger partial charge >= 0.3 is 11.9 Å². The van der Waals surface area contributed by atoms with Gasteiger partial charge in [0.15, 0.2) is 0 Å². The fourth-order valence-electron chi connectivity index (χ4n) is 4.41. The molecule has 1 aromatic heterocycles. The molecule has 0 saturated heterocycles.